The molecule has 1 heterocycles. The molecule has 2 aromatic carbocycles. The van der Waals surface area contributed by atoms with Gasteiger partial charge in [-0.15, -0.1) is 12.4 Å². The molecule has 2 aromatic rings. The van der Waals surface area contributed by atoms with Gasteiger partial charge in [0, 0.05) is 13.1 Å². The molecule has 4 nitrogen and oxygen atoms in total. The van der Waals surface area contributed by atoms with Gasteiger partial charge in [-0.3, -0.25) is 0 Å². The molecule has 0 saturated heterocycles. The highest BCUT2D eigenvalue weighted by Gasteiger charge is 2.19. The lowest BCUT2D eigenvalue weighted by molar-refractivity contribution is 0.0897. The van der Waals surface area contributed by atoms with Gasteiger partial charge in [-0.05, 0) is 24.3 Å². The summed E-state index contributed by atoms with van der Waals surface area (Å²) in [7, 11) is 0. The van der Waals surface area contributed by atoms with Crippen LogP contribution in [0.4, 0.5) is 0 Å². The Labute approximate surface area is 157 Å². The highest BCUT2D eigenvalue weighted by molar-refractivity contribution is 6.37. The van der Waals surface area contributed by atoms with Gasteiger partial charge in [-0.2, -0.15) is 0 Å². The van der Waals surface area contributed by atoms with Crippen LogP contribution in [0.2, 0.25) is 10.0 Å². The van der Waals surface area contributed by atoms with E-state index in [1.165, 1.54) is 0 Å². The molecule has 0 radical (unpaired) electrons. The molecule has 24 heavy (non-hydrogen) atoms. The molecule has 130 valence electrons. The molecule has 1 aliphatic heterocycles. The molecule has 0 saturated carbocycles. The number of hydrogen-bond acceptors (Lipinski definition) is 4. The summed E-state index contributed by atoms with van der Waals surface area (Å²) in [6, 6.07) is 13.0. The van der Waals surface area contributed by atoms with Crippen LogP contribution >= 0.6 is 35.6 Å². The number of fused-ring (bicyclic) bond motifs is 1. The lowest BCUT2D eigenvalue weighted by Gasteiger charge is -2.26. The topological polar surface area (TPSA) is 39.7 Å². The first kappa shape index (κ1) is 19.0. The summed E-state index contributed by atoms with van der Waals surface area (Å²) in [5.74, 6) is 2.09. The van der Waals surface area contributed by atoms with Gasteiger partial charge in [-0.1, -0.05) is 41.4 Å². The van der Waals surface area contributed by atoms with E-state index in [-0.39, 0.29) is 18.5 Å². The third kappa shape index (κ3) is 4.84. The predicted molar refractivity (Wildman–Crippen MR) is 98.4 cm³/mol. The summed E-state index contributed by atoms with van der Waals surface area (Å²) < 4.78 is 17.1. The maximum Gasteiger partial charge on any atom is 0.161 e. The molecule has 7 heteroatoms. The number of para-hydroxylation sites is 3. The minimum absolute atomic E-state index is 0. The van der Waals surface area contributed by atoms with Gasteiger partial charge < -0.3 is 19.5 Å². The summed E-state index contributed by atoms with van der Waals surface area (Å²) in [5.41, 5.74) is 0. The Morgan fingerprint density at radius 3 is 2.50 bits per heavy atom. The summed E-state index contributed by atoms with van der Waals surface area (Å²) in [4.78, 5) is 0. The Kier molecular flexibility index (Phi) is 7.31. The molecular weight excluding hydrogens is 373 g/mol. The number of hydrogen-bond donors (Lipinski definition) is 1. The third-order valence-corrected chi connectivity index (χ3v) is 3.98. The van der Waals surface area contributed by atoms with Crippen LogP contribution in [0.1, 0.15) is 0 Å². The van der Waals surface area contributed by atoms with Crippen molar-refractivity contribution in [2.24, 2.45) is 0 Å². The van der Waals surface area contributed by atoms with E-state index in [2.05, 4.69) is 5.32 Å². The average Bonchev–Trinajstić information content (AvgIpc) is 2.57. The van der Waals surface area contributed by atoms with E-state index in [0.717, 1.165) is 11.5 Å². The van der Waals surface area contributed by atoms with Gasteiger partial charge in [0.25, 0.3) is 0 Å². The van der Waals surface area contributed by atoms with Crippen LogP contribution < -0.4 is 19.5 Å². The number of halogens is 3. The Balaban J connectivity index is 0.00000208. The first-order valence-corrected chi connectivity index (χ1v) is 8.15. The molecule has 0 bridgehead atoms. The normalized spacial score (nSPS) is 15.5. The van der Waals surface area contributed by atoms with Crippen LogP contribution in [0.15, 0.2) is 42.5 Å². The molecule has 0 aliphatic carbocycles. The largest absolute Gasteiger partial charge is 0.489 e. The van der Waals surface area contributed by atoms with Crippen LogP contribution in [-0.2, 0) is 0 Å². The minimum Gasteiger partial charge on any atom is -0.489 e. The van der Waals surface area contributed by atoms with E-state index in [0.29, 0.717) is 42.1 Å². The molecule has 0 unspecified atom stereocenters. The Morgan fingerprint density at radius 2 is 1.75 bits per heavy atom. The van der Waals surface area contributed by atoms with E-state index in [1.54, 1.807) is 18.2 Å². The zero-order valence-electron chi connectivity index (χ0n) is 12.8. The molecule has 1 aliphatic rings. The summed E-state index contributed by atoms with van der Waals surface area (Å²) >= 11 is 12.1. The van der Waals surface area contributed by atoms with Crippen LogP contribution in [0.5, 0.6) is 17.2 Å². The number of nitrogens with one attached hydrogen (secondary N) is 1. The summed E-state index contributed by atoms with van der Waals surface area (Å²) in [6.07, 6.45) is -0.0196. The van der Waals surface area contributed by atoms with Crippen molar-refractivity contribution in [3.8, 4) is 17.2 Å². The smallest absolute Gasteiger partial charge is 0.161 e. The van der Waals surface area contributed by atoms with Crippen molar-refractivity contribution in [2.75, 3.05) is 26.3 Å². The highest BCUT2D eigenvalue weighted by atomic mass is 35.5. The number of ether oxygens (including phenoxy) is 3. The summed E-state index contributed by atoms with van der Waals surface area (Å²) in [6.45, 7) is 2.33. The van der Waals surface area contributed by atoms with E-state index >= 15 is 0 Å². The zero-order valence-corrected chi connectivity index (χ0v) is 15.2. The van der Waals surface area contributed by atoms with Gasteiger partial charge in [0.2, 0.25) is 0 Å². The fraction of sp³-hybridized carbons (Fsp3) is 0.294. The van der Waals surface area contributed by atoms with E-state index in [4.69, 9.17) is 37.4 Å². The van der Waals surface area contributed by atoms with E-state index in [9.17, 15) is 0 Å². The van der Waals surface area contributed by atoms with Gasteiger partial charge in [-0.25, -0.2) is 0 Å². The SMILES string of the molecule is Cl.Clc1cccc(Cl)c1OCCNC[C@H]1COc2ccccc2O1. The molecule has 1 atom stereocenters. The fourth-order valence-corrected chi connectivity index (χ4v) is 2.78. The standard InChI is InChI=1S/C17H17Cl2NO3.ClH/c18-13-4-3-5-14(19)17(13)21-9-8-20-10-12-11-22-15-6-1-2-7-16(15)23-12;/h1-7,12,20H,8-11H2;1H/t12-;/m0./s1. The molecule has 0 fully saturated rings. The van der Waals surface area contributed by atoms with Crippen molar-refractivity contribution >= 4 is 35.6 Å². The Bertz CT molecular complexity index is 649. The first-order valence-electron chi connectivity index (χ1n) is 7.40. The molecule has 0 aromatic heterocycles. The van der Waals surface area contributed by atoms with E-state index < -0.39 is 0 Å². The van der Waals surface area contributed by atoms with Crippen molar-refractivity contribution < 1.29 is 14.2 Å². The molecule has 1 N–H and O–H groups in total. The number of benzene rings is 2. The second-order valence-electron chi connectivity index (χ2n) is 5.10. The monoisotopic (exact) mass is 389 g/mol. The maximum atomic E-state index is 6.05. The molecule has 0 amide bonds. The van der Waals surface area contributed by atoms with Crippen molar-refractivity contribution in [3.05, 3.63) is 52.5 Å². The van der Waals surface area contributed by atoms with Crippen LogP contribution in [0, 0.1) is 0 Å². The van der Waals surface area contributed by atoms with Gasteiger partial charge in [0.1, 0.15) is 19.3 Å². The summed E-state index contributed by atoms with van der Waals surface area (Å²) in [5, 5.41) is 4.30. The van der Waals surface area contributed by atoms with Gasteiger partial charge in [0.15, 0.2) is 17.2 Å². The van der Waals surface area contributed by atoms with Crippen molar-refractivity contribution in [1.29, 1.82) is 0 Å². The minimum atomic E-state index is -0.0196. The zero-order chi connectivity index (χ0) is 16.1. The second-order valence-corrected chi connectivity index (χ2v) is 5.92. The molecule has 0 spiro atoms. The van der Waals surface area contributed by atoms with Gasteiger partial charge >= 0.3 is 0 Å². The fourth-order valence-electron chi connectivity index (χ4n) is 2.27. The lowest BCUT2D eigenvalue weighted by atomic mass is 10.2. The second kappa shape index (κ2) is 9.23. The average molecular weight is 391 g/mol. The van der Waals surface area contributed by atoms with Crippen LogP contribution in [-0.4, -0.2) is 32.4 Å². The third-order valence-electron chi connectivity index (χ3n) is 3.38. The highest BCUT2D eigenvalue weighted by Crippen LogP contribution is 2.32. The van der Waals surface area contributed by atoms with Crippen LogP contribution in [0.25, 0.3) is 0 Å². The Hall–Kier alpha value is -1.33. The van der Waals surface area contributed by atoms with Crippen molar-refractivity contribution in [2.45, 2.75) is 6.10 Å². The quantitative estimate of drug-likeness (QED) is 0.750. The molecule has 3 rings (SSSR count). The van der Waals surface area contributed by atoms with Gasteiger partial charge in [0.05, 0.1) is 10.0 Å². The Morgan fingerprint density at radius 1 is 1.04 bits per heavy atom. The van der Waals surface area contributed by atoms with Crippen molar-refractivity contribution in [3.63, 3.8) is 0 Å². The molecular formula is C17H18Cl3NO3. The maximum absolute atomic E-state index is 6.05. The number of rotatable bonds is 6. The van der Waals surface area contributed by atoms with Crippen molar-refractivity contribution in [1.82, 2.24) is 5.32 Å². The van der Waals surface area contributed by atoms with E-state index in [1.807, 2.05) is 24.3 Å². The first-order chi connectivity index (χ1) is 11.2. The predicted octanol–water partition coefficient (Wildman–Crippen LogP) is 4.22. The lowest BCUT2D eigenvalue weighted by Crippen LogP contribution is -2.39. The van der Waals surface area contributed by atoms with Crippen LogP contribution in [0.3, 0.4) is 0 Å².